The highest BCUT2D eigenvalue weighted by molar-refractivity contribution is 6.26. The zero-order valence-corrected chi connectivity index (χ0v) is 36.3. The molecule has 4 aromatic heterocycles. The highest BCUT2D eigenvalue weighted by atomic mass is 16.3. The topological polar surface area (TPSA) is 37.2 Å². The van der Waals surface area contributed by atoms with E-state index in [0.717, 1.165) is 85.6 Å². The Morgan fingerprint density at radius 3 is 1.57 bits per heavy atom. The second-order valence-electron chi connectivity index (χ2n) is 18.0. The Hall–Kier alpha value is -8.80. The van der Waals surface area contributed by atoms with E-state index in [2.05, 4.69) is 220 Å². The molecule has 14 aromatic rings. The predicted octanol–water partition coefficient (Wildman–Crippen LogP) is 17.7. The molecule has 10 aromatic carbocycles. The molecule has 0 aliphatic heterocycles. The number of benzene rings is 10. The summed E-state index contributed by atoms with van der Waals surface area (Å²) >= 11 is 0. The van der Waals surface area contributed by atoms with Crippen LogP contribution in [0.2, 0.25) is 0 Å². The van der Waals surface area contributed by atoms with Crippen LogP contribution in [0.1, 0.15) is 17.7 Å². The Labute approximate surface area is 384 Å². The van der Waals surface area contributed by atoms with E-state index in [1.165, 1.54) is 65.2 Å². The highest BCUT2D eigenvalue weighted by Gasteiger charge is 2.24. The van der Waals surface area contributed by atoms with Gasteiger partial charge < -0.3 is 23.0 Å². The van der Waals surface area contributed by atoms with Gasteiger partial charge in [-0.1, -0.05) is 121 Å². The minimum Gasteiger partial charge on any atom is -0.458 e. The summed E-state index contributed by atoms with van der Waals surface area (Å²) in [5, 5.41) is 13.2. The van der Waals surface area contributed by atoms with Gasteiger partial charge in [0.15, 0.2) is 11.2 Å². The summed E-state index contributed by atoms with van der Waals surface area (Å²) in [6.07, 6.45) is 6.40. The summed E-state index contributed by atoms with van der Waals surface area (Å²) in [5.74, 6) is 1.06. The number of hydrogen-bond acceptors (Lipinski definition) is 4. The first-order valence-corrected chi connectivity index (χ1v) is 23.1. The van der Waals surface area contributed by atoms with Gasteiger partial charge in [0.05, 0.1) is 27.9 Å². The van der Waals surface area contributed by atoms with Gasteiger partial charge in [0.25, 0.3) is 0 Å². The van der Waals surface area contributed by atoms with Crippen LogP contribution < -0.4 is 9.80 Å². The van der Waals surface area contributed by atoms with Gasteiger partial charge in [-0.25, -0.2) is 0 Å². The average molecular weight is 858 g/mol. The summed E-state index contributed by atoms with van der Waals surface area (Å²) in [6, 6.07) is 72.7. The predicted molar refractivity (Wildman–Crippen MR) is 280 cm³/mol. The third-order valence-electron chi connectivity index (χ3n) is 14.2. The van der Waals surface area contributed by atoms with Crippen molar-refractivity contribution >= 4 is 133 Å². The number of fused-ring (bicyclic) bond motifs is 14. The standard InChI is InChI=1S/C62H39N3O2/c1-3-14-42(15-4-1)63(54-24-12-22-50-46-18-7-9-26-58(46)66-61(50)54)44-30-28-38-34-52-48-20-11-21-49-53-35-39-29-31-45(33-41(39)37-57(53)65(60(48)49)56(52)36-40(38)32-44)64(43-16-5-2-6-17-43)55-25-13-23-51-47-19-8-10-27-59(47)67-62(51)55/h1-9,11-26,28-37H,10,27H2. The number of para-hydroxylation sites is 6. The maximum Gasteiger partial charge on any atom is 0.159 e. The molecule has 15 rings (SSSR count). The molecule has 1 aliphatic carbocycles. The molecule has 0 unspecified atom stereocenters. The largest absolute Gasteiger partial charge is 0.458 e. The van der Waals surface area contributed by atoms with Crippen molar-refractivity contribution in [2.45, 2.75) is 12.8 Å². The number of aryl methyl sites for hydroxylation is 1. The first-order valence-electron chi connectivity index (χ1n) is 23.1. The van der Waals surface area contributed by atoms with E-state index >= 15 is 0 Å². The van der Waals surface area contributed by atoms with Crippen molar-refractivity contribution in [1.82, 2.24) is 4.40 Å². The molecule has 5 heteroatoms. The molecular formula is C62H39N3O2. The van der Waals surface area contributed by atoms with Gasteiger partial charge in [-0.15, -0.1) is 0 Å². The van der Waals surface area contributed by atoms with Crippen LogP contribution in [0.15, 0.2) is 215 Å². The fraction of sp³-hybridized carbons (Fsp3) is 0.0323. The Kier molecular flexibility index (Phi) is 7.55. The lowest BCUT2D eigenvalue weighted by atomic mass is 10.0. The Morgan fingerprint density at radius 1 is 0.388 bits per heavy atom. The third kappa shape index (κ3) is 5.31. The van der Waals surface area contributed by atoms with Crippen molar-refractivity contribution < 1.29 is 8.83 Å². The Morgan fingerprint density at radius 2 is 0.925 bits per heavy atom. The van der Waals surface area contributed by atoms with E-state index in [1.807, 2.05) is 6.07 Å². The van der Waals surface area contributed by atoms with E-state index in [-0.39, 0.29) is 0 Å². The molecule has 0 N–H and O–H groups in total. The molecule has 0 fully saturated rings. The number of allylic oxidation sites excluding steroid dienone is 1. The smallest absolute Gasteiger partial charge is 0.159 e. The molecule has 0 atom stereocenters. The molecular weight excluding hydrogens is 819 g/mol. The summed E-state index contributed by atoms with van der Waals surface area (Å²) in [7, 11) is 0. The van der Waals surface area contributed by atoms with Crippen LogP contribution in [0.3, 0.4) is 0 Å². The van der Waals surface area contributed by atoms with Crippen molar-refractivity contribution in [1.29, 1.82) is 0 Å². The molecule has 0 saturated carbocycles. The molecule has 314 valence electrons. The molecule has 4 heterocycles. The first kappa shape index (κ1) is 36.5. The van der Waals surface area contributed by atoms with Gasteiger partial charge in [0.1, 0.15) is 11.3 Å². The van der Waals surface area contributed by atoms with Crippen molar-refractivity contribution in [2.75, 3.05) is 9.80 Å². The zero-order valence-electron chi connectivity index (χ0n) is 36.3. The second-order valence-corrected chi connectivity index (χ2v) is 18.0. The molecule has 1 aliphatic rings. The fourth-order valence-electron chi connectivity index (χ4n) is 11.3. The van der Waals surface area contributed by atoms with Gasteiger partial charge in [-0.2, -0.15) is 0 Å². The maximum atomic E-state index is 6.71. The van der Waals surface area contributed by atoms with Gasteiger partial charge in [0, 0.05) is 72.4 Å². The third-order valence-corrected chi connectivity index (χ3v) is 14.2. The number of aromatic nitrogens is 1. The van der Waals surface area contributed by atoms with Gasteiger partial charge >= 0.3 is 0 Å². The van der Waals surface area contributed by atoms with Crippen LogP contribution in [0, 0.1) is 0 Å². The van der Waals surface area contributed by atoms with Gasteiger partial charge in [-0.05, 0) is 119 Å². The van der Waals surface area contributed by atoms with Crippen LogP contribution in [-0.2, 0) is 6.42 Å². The van der Waals surface area contributed by atoms with Gasteiger partial charge in [-0.3, -0.25) is 0 Å². The van der Waals surface area contributed by atoms with Gasteiger partial charge in [0.2, 0.25) is 0 Å². The zero-order chi connectivity index (χ0) is 43.7. The lowest BCUT2D eigenvalue weighted by Gasteiger charge is -2.26. The molecule has 0 spiro atoms. The second kappa shape index (κ2) is 13.9. The van der Waals surface area contributed by atoms with Crippen LogP contribution >= 0.6 is 0 Å². The average Bonchev–Trinajstić information content (AvgIpc) is 4.14. The summed E-state index contributed by atoms with van der Waals surface area (Å²) < 4.78 is 15.9. The summed E-state index contributed by atoms with van der Waals surface area (Å²) in [6.45, 7) is 0. The monoisotopic (exact) mass is 857 g/mol. The lowest BCUT2D eigenvalue weighted by Crippen LogP contribution is -2.10. The van der Waals surface area contributed by atoms with Crippen molar-refractivity contribution in [2.24, 2.45) is 0 Å². The quantitative estimate of drug-likeness (QED) is 0.167. The van der Waals surface area contributed by atoms with Crippen LogP contribution in [-0.4, -0.2) is 4.40 Å². The van der Waals surface area contributed by atoms with Crippen molar-refractivity contribution in [3.05, 3.63) is 218 Å². The summed E-state index contributed by atoms with van der Waals surface area (Å²) in [4.78, 5) is 4.68. The van der Waals surface area contributed by atoms with E-state index in [0.29, 0.717) is 0 Å². The first-order chi connectivity index (χ1) is 33.2. The van der Waals surface area contributed by atoms with Crippen molar-refractivity contribution in [3.8, 4) is 0 Å². The SMILES string of the molecule is C1=Cc2c(oc3c(N(c4ccccc4)c4ccc5cc6c7cccc8c9cc%10ccc(N(c%11ccccc%11)c%11cccc%12c%11oc%11ccccc%11%12)cc%10cc9n(c6cc5c4)c78)cccc23)CC1. The Bertz CT molecular complexity index is 4350. The number of rotatable bonds is 6. The maximum absolute atomic E-state index is 6.71. The molecule has 0 bridgehead atoms. The van der Waals surface area contributed by atoms with Crippen LogP contribution in [0.5, 0.6) is 0 Å². The van der Waals surface area contributed by atoms with Crippen LogP contribution in [0.4, 0.5) is 34.1 Å². The van der Waals surface area contributed by atoms with E-state index in [4.69, 9.17) is 8.83 Å². The number of furan rings is 2. The minimum atomic E-state index is 0.870. The molecule has 0 saturated heterocycles. The minimum absolute atomic E-state index is 0.870. The number of anilines is 6. The fourth-order valence-corrected chi connectivity index (χ4v) is 11.3. The lowest BCUT2D eigenvalue weighted by molar-refractivity contribution is 0.546. The Balaban J connectivity index is 0.929. The number of hydrogen-bond donors (Lipinski definition) is 0. The number of nitrogens with zero attached hydrogens (tertiary/aromatic N) is 3. The summed E-state index contributed by atoms with van der Waals surface area (Å²) in [5.41, 5.74) is 13.8. The van der Waals surface area contributed by atoms with Crippen molar-refractivity contribution in [3.63, 3.8) is 0 Å². The van der Waals surface area contributed by atoms with E-state index in [9.17, 15) is 0 Å². The highest BCUT2D eigenvalue weighted by Crippen LogP contribution is 2.47. The van der Waals surface area contributed by atoms with E-state index < -0.39 is 0 Å². The molecule has 67 heavy (non-hydrogen) atoms. The molecule has 5 nitrogen and oxygen atoms in total. The van der Waals surface area contributed by atoms with Crippen LogP contribution in [0.25, 0.3) is 98.6 Å². The van der Waals surface area contributed by atoms with E-state index in [1.54, 1.807) is 0 Å². The molecule has 0 radical (unpaired) electrons. The normalized spacial score (nSPS) is 12.9. The molecule has 0 amide bonds.